The number of phosphoric acid groups is 1. The van der Waals surface area contributed by atoms with Gasteiger partial charge in [0, 0.05) is 19.4 Å². The second kappa shape index (κ2) is 57.7. The first-order valence-electron chi connectivity index (χ1n) is 29.0. The quantitative estimate of drug-likeness (QED) is 0.0264. The lowest BCUT2D eigenvalue weighted by molar-refractivity contribution is -0.161. The second-order valence-corrected chi connectivity index (χ2v) is 20.2. The van der Waals surface area contributed by atoms with E-state index in [1.54, 1.807) is 0 Å². The molecule has 10 heteroatoms. The molecule has 0 aromatic carbocycles. The highest BCUT2D eigenvalue weighted by Gasteiger charge is 2.26. The maximum Gasteiger partial charge on any atom is 0.472 e. The number of esters is 2. The fourth-order valence-electron chi connectivity index (χ4n) is 7.60. The van der Waals surface area contributed by atoms with E-state index >= 15 is 0 Å². The lowest BCUT2D eigenvalue weighted by Gasteiger charge is -2.19. The summed E-state index contributed by atoms with van der Waals surface area (Å²) in [7, 11) is -4.39. The van der Waals surface area contributed by atoms with Crippen LogP contribution in [0.15, 0.2) is 122 Å². The third-order valence-electron chi connectivity index (χ3n) is 11.9. The number of nitrogens with two attached hydrogens (primary N) is 1. The van der Waals surface area contributed by atoms with Gasteiger partial charge in [-0.05, 0) is 89.9 Å². The third kappa shape index (κ3) is 57.5. The average Bonchev–Trinajstić information content (AvgIpc) is 3.38. The molecule has 2 unspecified atom stereocenters. The smallest absolute Gasteiger partial charge is 0.462 e. The monoisotopic (exact) mass is 1040 g/mol. The van der Waals surface area contributed by atoms with Crippen molar-refractivity contribution in [3.05, 3.63) is 122 Å². The molecule has 0 rings (SSSR count). The van der Waals surface area contributed by atoms with Crippen molar-refractivity contribution in [3.8, 4) is 0 Å². The molecular formula is C63H106NO8P. The molecule has 0 fully saturated rings. The van der Waals surface area contributed by atoms with Crippen molar-refractivity contribution >= 4 is 19.8 Å². The van der Waals surface area contributed by atoms with Gasteiger partial charge in [0.25, 0.3) is 0 Å². The van der Waals surface area contributed by atoms with Crippen LogP contribution in [0.1, 0.15) is 232 Å². The van der Waals surface area contributed by atoms with Gasteiger partial charge in [-0.15, -0.1) is 0 Å². The van der Waals surface area contributed by atoms with Crippen molar-refractivity contribution in [2.75, 3.05) is 26.4 Å². The Hall–Kier alpha value is -3.59. The van der Waals surface area contributed by atoms with Gasteiger partial charge in [-0.3, -0.25) is 18.6 Å². The summed E-state index contributed by atoms with van der Waals surface area (Å²) in [6, 6.07) is 0. The summed E-state index contributed by atoms with van der Waals surface area (Å²) in [6.07, 6.45) is 79.7. The van der Waals surface area contributed by atoms with Gasteiger partial charge >= 0.3 is 19.8 Å². The number of hydrogen-bond donors (Lipinski definition) is 2. The Balaban J connectivity index is 3.98. The topological polar surface area (TPSA) is 134 Å². The Labute approximate surface area is 447 Å². The van der Waals surface area contributed by atoms with Crippen LogP contribution in [-0.2, 0) is 32.7 Å². The van der Waals surface area contributed by atoms with Crippen molar-refractivity contribution in [2.24, 2.45) is 5.73 Å². The van der Waals surface area contributed by atoms with Crippen LogP contribution in [0.4, 0.5) is 0 Å². The molecule has 2 atom stereocenters. The van der Waals surface area contributed by atoms with Crippen LogP contribution >= 0.6 is 7.82 Å². The molecule has 0 amide bonds. The van der Waals surface area contributed by atoms with Crippen molar-refractivity contribution < 1.29 is 37.6 Å². The molecule has 0 aromatic rings. The van der Waals surface area contributed by atoms with Crippen molar-refractivity contribution in [1.82, 2.24) is 0 Å². The minimum atomic E-state index is -4.39. The van der Waals surface area contributed by atoms with Crippen LogP contribution < -0.4 is 5.73 Å². The number of allylic oxidation sites excluding steroid dienone is 20. The van der Waals surface area contributed by atoms with E-state index < -0.39 is 26.5 Å². The molecule has 0 aliphatic carbocycles. The molecule has 0 aliphatic rings. The van der Waals surface area contributed by atoms with E-state index in [-0.39, 0.29) is 38.6 Å². The van der Waals surface area contributed by atoms with E-state index in [2.05, 4.69) is 135 Å². The normalized spacial score (nSPS) is 14.0. The number of carbonyl (C=O) groups excluding carboxylic acids is 2. The van der Waals surface area contributed by atoms with Gasteiger partial charge in [-0.2, -0.15) is 0 Å². The second-order valence-electron chi connectivity index (χ2n) is 18.8. The van der Waals surface area contributed by atoms with Gasteiger partial charge in [-0.25, -0.2) is 4.57 Å². The van der Waals surface area contributed by atoms with E-state index in [0.29, 0.717) is 6.42 Å². The Morgan fingerprint density at radius 2 is 0.753 bits per heavy atom. The molecule has 0 aromatic heterocycles. The highest BCUT2D eigenvalue weighted by Crippen LogP contribution is 2.43. The van der Waals surface area contributed by atoms with E-state index in [1.807, 2.05) is 0 Å². The summed E-state index contributed by atoms with van der Waals surface area (Å²) in [4.78, 5) is 35.1. The third-order valence-corrected chi connectivity index (χ3v) is 12.8. The molecule has 0 saturated heterocycles. The summed E-state index contributed by atoms with van der Waals surface area (Å²) in [5, 5.41) is 0. The van der Waals surface area contributed by atoms with Gasteiger partial charge in [0.05, 0.1) is 13.2 Å². The van der Waals surface area contributed by atoms with Gasteiger partial charge in [0.1, 0.15) is 6.61 Å². The number of carbonyl (C=O) groups is 2. The molecule has 73 heavy (non-hydrogen) atoms. The van der Waals surface area contributed by atoms with Gasteiger partial charge in [0.2, 0.25) is 0 Å². The van der Waals surface area contributed by atoms with Gasteiger partial charge < -0.3 is 20.1 Å². The van der Waals surface area contributed by atoms with Crippen molar-refractivity contribution in [1.29, 1.82) is 0 Å². The molecule has 0 bridgehead atoms. The highest BCUT2D eigenvalue weighted by molar-refractivity contribution is 7.47. The molecule has 0 radical (unpaired) electrons. The minimum absolute atomic E-state index is 0.0477. The van der Waals surface area contributed by atoms with Crippen LogP contribution in [0, 0.1) is 0 Å². The molecule has 0 saturated carbocycles. The Bertz CT molecular complexity index is 1600. The zero-order valence-corrected chi connectivity index (χ0v) is 47.2. The molecule has 0 heterocycles. The standard InChI is InChI=1S/C63H106NO8P/c1-3-5-7-9-11-13-15-17-18-19-20-21-22-23-24-25-26-27-28-29-30-31-32-33-34-35-36-37-38-39-40-41-42-44-46-48-50-52-54-56-63(66)72-61(60-71-73(67,68)70-58-57-64)59-69-62(65)55-53-51-49-47-45-43-16-14-12-10-8-6-4-2/h5,7,11,13,17-18,20-21,23-24,26-27,29-30,32-33,35-36,38-39,61H,3-4,6,8-10,12,14-16,19,22,25,28,31,34,37,40-60,64H2,1-2H3,(H,67,68)/b7-5-,13-11-,18-17-,21-20-,24-23-,27-26-,30-29-,33-32-,36-35-,39-38-. The molecule has 3 N–H and O–H groups in total. The first kappa shape index (κ1) is 69.4. The fourth-order valence-corrected chi connectivity index (χ4v) is 8.37. The Morgan fingerprint density at radius 3 is 1.12 bits per heavy atom. The zero-order chi connectivity index (χ0) is 53.1. The van der Waals surface area contributed by atoms with Crippen LogP contribution in [-0.4, -0.2) is 49.3 Å². The predicted molar refractivity (Wildman–Crippen MR) is 311 cm³/mol. The largest absolute Gasteiger partial charge is 0.472 e. The zero-order valence-electron chi connectivity index (χ0n) is 46.3. The Morgan fingerprint density at radius 1 is 0.425 bits per heavy atom. The lowest BCUT2D eigenvalue weighted by atomic mass is 10.0. The molecule has 9 nitrogen and oxygen atoms in total. The first-order chi connectivity index (χ1) is 35.8. The summed E-state index contributed by atoms with van der Waals surface area (Å²) in [6.45, 7) is 3.61. The number of ether oxygens (including phenoxy) is 2. The summed E-state index contributed by atoms with van der Waals surface area (Å²) < 4.78 is 32.9. The number of rotatable bonds is 53. The van der Waals surface area contributed by atoms with Crippen LogP contribution in [0.5, 0.6) is 0 Å². The van der Waals surface area contributed by atoms with Crippen LogP contribution in [0.3, 0.4) is 0 Å². The maximum atomic E-state index is 12.7. The van der Waals surface area contributed by atoms with Crippen molar-refractivity contribution in [2.45, 2.75) is 238 Å². The maximum absolute atomic E-state index is 12.7. The average molecular weight is 1040 g/mol. The number of unbranched alkanes of at least 4 members (excludes halogenated alkanes) is 20. The van der Waals surface area contributed by atoms with Crippen LogP contribution in [0.2, 0.25) is 0 Å². The number of phosphoric ester groups is 1. The van der Waals surface area contributed by atoms with Gasteiger partial charge in [-0.1, -0.05) is 251 Å². The van der Waals surface area contributed by atoms with Gasteiger partial charge in [0.15, 0.2) is 6.10 Å². The minimum Gasteiger partial charge on any atom is -0.462 e. The van der Waals surface area contributed by atoms with Crippen molar-refractivity contribution in [3.63, 3.8) is 0 Å². The highest BCUT2D eigenvalue weighted by atomic mass is 31.2. The van der Waals surface area contributed by atoms with E-state index in [1.165, 1.54) is 89.9 Å². The number of hydrogen-bond acceptors (Lipinski definition) is 8. The predicted octanol–water partition coefficient (Wildman–Crippen LogP) is 18.4. The Kier molecular flexibility index (Phi) is 54.8. The van der Waals surface area contributed by atoms with E-state index in [9.17, 15) is 19.0 Å². The summed E-state index contributed by atoms with van der Waals surface area (Å²) >= 11 is 0. The molecule has 0 spiro atoms. The van der Waals surface area contributed by atoms with E-state index in [0.717, 1.165) is 109 Å². The summed E-state index contributed by atoms with van der Waals surface area (Å²) in [5.41, 5.74) is 5.37. The van der Waals surface area contributed by atoms with Crippen LogP contribution in [0.25, 0.3) is 0 Å². The van der Waals surface area contributed by atoms with E-state index in [4.69, 9.17) is 24.3 Å². The fraction of sp³-hybridized carbons (Fsp3) is 0.651. The lowest BCUT2D eigenvalue weighted by Crippen LogP contribution is -2.29. The molecular weight excluding hydrogens is 930 g/mol. The first-order valence-corrected chi connectivity index (χ1v) is 30.5. The molecule has 0 aliphatic heterocycles. The summed E-state index contributed by atoms with van der Waals surface area (Å²) in [5.74, 6) is -0.840. The molecule has 416 valence electrons. The SMILES string of the molecule is CC/C=C\C/C=C\C/C=C\C/C=C\C/C=C\C/C=C\C/C=C\C/C=C\C/C=C\C/C=C\CCCCCCCCCCC(=O)OC(COC(=O)CCCCCCCCCCCCCCC)COP(=O)(O)OCCN.